The van der Waals surface area contributed by atoms with Gasteiger partial charge in [0.2, 0.25) is 5.91 Å². The number of aryl methyl sites for hydroxylation is 1. The van der Waals surface area contributed by atoms with E-state index in [9.17, 15) is 4.79 Å². The van der Waals surface area contributed by atoms with E-state index >= 15 is 0 Å². The average molecular weight is 263 g/mol. The van der Waals surface area contributed by atoms with Gasteiger partial charge in [0.15, 0.2) is 0 Å². The summed E-state index contributed by atoms with van der Waals surface area (Å²) in [5, 5.41) is 14.2. The lowest BCUT2D eigenvalue weighted by Gasteiger charge is -2.47. The van der Waals surface area contributed by atoms with Gasteiger partial charge in [-0.2, -0.15) is 0 Å². The summed E-state index contributed by atoms with van der Waals surface area (Å²) >= 11 is 0. The van der Waals surface area contributed by atoms with Crippen LogP contribution in [0.15, 0.2) is 6.20 Å². The van der Waals surface area contributed by atoms with Crippen LogP contribution in [0.25, 0.3) is 0 Å². The van der Waals surface area contributed by atoms with Crippen molar-refractivity contribution in [1.82, 2.24) is 25.6 Å². The summed E-state index contributed by atoms with van der Waals surface area (Å²) < 4.78 is 1.77. The maximum absolute atomic E-state index is 12.2. The normalized spacial score (nSPS) is 24.4. The molecule has 1 atom stereocenters. The summed E-state index contributed by atoms with van der Waals surface area (Å²) in [6.45, 7) is 4.28. The Bertz CT molecular complexity index is 463. The monoisotopic (exact) mass is 263 g/mol. The van der Waals surface area contributed by atoms with Crippen LogP contribution in [0.2, 0.25) is 0 Å². The zero-order chi connectivity index (χ0) is 13.3. The fraction of sp³-hybridized carbons (Fsp3) is 0.769. The van der Waals surface area contributed by atoms with Crippen molar-refractivity contribution < 1.29 is 4.79 Å². The van der Waals surface area contributed by atoms with Crippen LogP contribution in [0.4, 0.5) is 0 Å². The average Bonchev–Trinajstić information content (AvgIpc) is 3.05. The number of carbonyl (C=O) groups is 1. The van der Waals surface area contributed by atoms with Gasteiger partial charge in [-0.15, -0.1) is 5.10 Å². The molecule has 6 nitrogen and oxygen atoms in total. The van der Waals surface area contributed by atoms with Gasteiger partial charge < -0.3 is 10.6 Å². The number of nitrogens with zero attached hydrogens (tertiary/aromatic N) is 3. The summed E-state index contributed by atoms with van der Waals surface area (Å²) in [5.74, 6) is 0.110. The molecule has 0 radical (unpaired) electrons. The van der Waals surface area contributed by atoms with Gasteiger partial charge in [-0.1, -0.05) is 18.1 Å². The Hall–Kier alpha value is -1.43. The van der Waals surface area contributed by atoms with E-state index < -0.39 is 0 Å². The Morgan fingerprint density at radius 1 is 1.58 bits per heavy atom. The quantitative estimate of drug-likeness (QED) is 0.827. The van der Waals surface area contributed by atoms with E-state index in [0.717, 1.165) is 18.8 Å². The number of nitrogens with one attached hydrogen (secondary N) is 2. The molecule has 1 saturated heterocycles. The van der Waals surface area contributed by atoms with Gasteiger partial charge >= 0.3 is 0 Å². The molecule has 1 aliphatic heterocycles. The molecule has 6 heteroatoms. The van der Waals surface area contributed by atoms with Gasteiger partial charge in [-0.25, -0.2) is 0 Å². The second kappa shape index (κ2) is 4.92. The highest BCUT2D eigenvalue weighted by Crippen LogP contribution is 2.45. The van der Waals surface area contributed by atoms with Crippen molar-refractivity contribution >= 4 is 5.91 Å². The molecule has 19 heavy (non-hydrogen) atoms. The molecule has 104 valence electrons. The lowest BCUT2D eigenvalue weighted by Crippen LogP contribution is -2.67. The zero-order valence-corrected chi connectivity index (χ0v) is 11.4. The molecule has 0 bridgehead atoms. The first-order chi connectivity index (χ1) is 9.23. The van der Waals surface area contributed by atoms with Crippen molar-refractivity contribution in [2.75, 3.05) is 6.54 Å². The molecule has 1 saturated carbocycles. The maximum atomic E-state index is 12.2. The number of hydrogen-bond donors (Lipinski definition) is 2. The fourth-order valence-electron chi connectivity index (χ4n) is 3.26. The van der Waals surface area contributed by atoms with Gasteiger partial charge in [0, 0.05) is 18.5 Å². The number of hydrogen-bond acceptors (Lipinski definition) is 4. The zero-order valence-electron chi connectivity index (χ0n) is 11.4. The highest BCUT2D eigenvalue weighted by atomic mass is 16.2. The number of aromatic nitrogens is 3. The first kappa shape index (κ1) is 12.6. The predicted molar refractivity (Wildman–Crippen MR) is 70.2 cm³/mol. The van der Waals surface area contributed by atoms with Crippen LogP contribution >= 0.6 is 0 Å². The maximum Gasteiger partial charge on any atom is 0.238 e. The standard InChI is InChI=1S/C13H21N5O/c1-2-18-8-10(16-17-18)7-14-12(19)11-13(9-15-11)5-3-4-6-13/h8,11,15H,2-7,9H2,1H3,(H,14,19). The highest BCUT2D eigenvalue weighted by Gasteiger charge is 2.51. The Kier molecular flexibility index (Phi) is 3.26. The van der Waals surface area contributed by atoms with E-state index in [4.69, 9.17) is 0 Å². The molecule has 2 aliphatic rings. The Balaban J connectivity index is 1.54. The van der Waals surface area contributed by atoms with Gasteiger partial charge in [0.05, 0.1) is 18.8 Å². The second-order valence-corrected chi connectivity index (χ2v) is 5.67. The van der Waals surface area contributed by atoms with E-state index in [2.05, 4.69) is 20.9 Å². The van der Waals surface area contributed by atoms with Gasteiger partial charge in [-0.3, -0.25) is 9.48 Å². The third-order valence-electron chi connectivity index (χ3n) is 4.49. The SMILES string of the molecule is CCn1cc(CNC(=O)C2NCC23CCCC3)nn1. The lowest BCUT2D eigenvalue weighted by atomic mass is 9.71. The molecule has 2 heterocycles. The van der Waals surface area contributed by atoms with Crippen LogP contribution in [0, 0.1) is 5.41 Å². The van der Waals surface area contributed by atoms with E-state index in [1.165, 1.54) is 25.7 Å². The van der Waals surface area contributed by atoms with Crippen LogP contribution in [0.5, 0.6) is 0 Å². The molecule has 0 aromatic carbocycles. The summed E-state index contributed by atoms with van der Waals surface area (Å²) in [5.41, 5.74) is 1.06. The van der Waals surface area contributed by atoms with Crippen LogP contribution in [-0.4, -0.2) is 33.5 Å². The lowest BCUT2D eigenvalue weighted by molar-refractivity contribution is -0.130. The second-order valence-electron chi connectivity index (χ2n) is 5.67. The summed E-state index contributed by atoms with van der Waals surface area (Å²) in [6.07, 6.45) is 6.76. The molecule has 3 rings (SSSR count). The minimum Gasteiger partial charge on any atom is -0.349 e. The molecular formula is C13H21N5O. The van der Waals surface area contributed by atoms with Gasteiger partial charge in [0.25, 0.3) is 0 Å². The fourth-order valence-corrected chi connectivity index (χ4v) is 3.26. The first-order valence-corrected chi connectivity index (χ1v) is 7.14. The van der Waals surface area contributed by atoms with Crippen LogP contribution in [0.3, 0.4) is 0 Å². The van der Waals surface area contributed by atoms with Crippen molar-refractivity contribution in [1.29, 1.82) is 0 Å². The molecule has 1 amide bonds. The third-order valence-corrected chi connectivity index (χ3v) is 4.49. The molecule has 1 spiro atoms. The largest absolute Gasteiger partial charge is 0.349 e. The molecule has 1 aromatic rings. The summed E-state index contributed by atoms with van der Waals surface area (Å²) in [7, 11) is 0. The number of rotatable bonds is 4. The van der Waals surface area contributed by atoms with E-state index in [-0.39, 0.29) is 17.4 Å². The topological polar surface area (TPSA) is 71.8 Å². The van der Waals surface area contributed by atoms with Crippen LogP contribution in [-0.2, 0) is 17.9 Å². The van der Waals surface area contributed by atoms with Crippen molar-refractivity contribution in [2.45, 2.75) is 51.7 Å². The molecule has 1 aromatic heterocycles. The molecule has 1 aliphatic carbocycles. The Morgan fingerprint density at radius 3 is 2.95 bits per heavy atom. The van der Waals surface area contributed by atoms with E-state index in [0.29, 0.717) is 6.54 Å². The molecule has 2 fully saturated rings. The molecular weight excluding hydrogens is 242 g/mol. The van der Waals surface area contributed by atoms with Crippen LogP contribution in [0.1, 0.15) is 38.3 Å². The summed E-state index contributed by atoms with van der Waals surface area (Å²) in [6, 6.07) is -0.00350. The van der Waals surface area contributed by atoms with Crippen molar-refractivity contribution in [3.8, 4) is 0 Å². The van der Waals surface area contributed by atoms with Crippen LogP contribution < -0.4 is 10.6 Å². The van der Waals surface area contributed by atoms with Gasteiger partial charge in [-0.05, 0) is 19.8 Å². The summed E-state index contributed by atoms with van der Waals surface area (Å²) in [4.78, 5) is 12.2. The Morgan fingerprint density at radius 2 is 2.37 bits per heavy atom. The predicted octanol–water partition coefficient (Wildman–Crippen LogP) is 0.446. The van der Waals surface area contributed by atoms with Crippen molar-refractivity contribution in [3.63, 3.8) is 0 Å². The molecule has 2 N–H and O–H groups in total. The van der Waals surface area contributed by atoms with Crippen molar-refractivity contribution in [3.05, 3.63) is 11.9 Å². The smallest absolute Gasteiger partial charge is 0.238 e. The minimum absolute atomic E-state index is 0.00350. The van der Waals surface area contributed by atoms with E-state index in [1.54, 1.807) is 4.68 Å². The van der Waals surface area contributed by atoms with Crippen molar-refractivity contribution in [2.24, 2.45) is 5.41 Å². The minimum atomic E-state index is -0.00350. The van der Waals surface area contributed by atoms with Gasteiger partial charge in [0.1, 0.15) is 5.69 Å². The highest BCUT2D eigenvalue weighted by molar-refractivity contribution is 5.84. The number of amides is 1. The number of carbonyl (C=O) groups excluding carboxylic acids is 1. The van der Waals surface area contributed by atoms with E-state index in [1.807, 2.05) is 13.1 Å². The first-order valence-electron chi connectivity index (χ1n) is 7.14. The Labute approximate surface area is 112 Å². The molecule has 1 unspecified atom stereocenters. The third kappa shape index (κ3) is 2.25.